The van der Waals surface area contributed by atoms with Gasteiger partial charge in [-0.3, -0.25) is 0 Å². The van der Waals surface area contributed by atoms with E-state index < -0.39 is 0 Å². The maximum Gasteiger partial charge on any atom is 0.0418 e. The first kappa shape index (κ1) is 11.2. The molecule has 0 fully saturated rings. The number of nitrogens with one attached hydrogen (secondary N) is 2. The number of para-hydroxylation sites is 1. The van der Waals surface area contributed by atoms with Gasteiger partial charge in [-0.2, -0.15) is 0 Å². The fourth-order valence-corrected chi connectivity index (χ4v) is 2.08. The van der Waals surface area contributed by atoms with Crippen LogP contribution in [0, 0.1) is 0 Å². The van der Waals surface area contributed by atoms with Crippen LogP contribution in [0.1, 0.15) is 24.5 Å². The van der Waals surface area contributed by atoms with Crippen LogP contribution in [0.2, 0.25) is 0 Å². The van der Waals surface area contributed by atoms with Crippen LogP contribution in [0.25, 0.3) is 0 Å². The minimum atomic E-state index is 0.361. The van der Waals surface area contributed by atoms with Crippen LogP contribution in [0.4, 0.5) is 5.69 Å². The van der Waals surface area contributed by atoms with Gasteiger partial charge in [0.25, 0.3) is 0 Å². The summed E-state index contributed by atoms with van der Waals surface area (Å²) in [5.74, 6) is 0. The molecule has 1 atom stereocenters. The number of hydrogen-bond donors (Lipinski definition) is 2. The maximum absolute atomic E-state index is 3.78. The second kappa shape index (κ2) is 5.17. The molecule has 0 aliphatic carbocycles. The molecule has 0 bridgehead atoms. The molecule has 0 aromatic heterocycles. The molecule has 1 aromatic carbocycles. The average Bonchev–Trinajstić information content (AvgIpc) is 2.35. The van der Waals surface area contributed by atoms with Crippen molar-refractivity contribution in [3.63, 3.8) is 0 Å². The summed E-state index contributed by atoms with van der Waals surface area (Å²) in [6, 6.07) is 6.93. The van der Waals surface area contributed by atoms with E-state index in [0.29, 0.717) is 6.04 Å². The molecule has 2 nitrogen and oxygen atoms in total. The summed E-state index contributed by atoms with van der Waals surface area (Å²) >= 11 is 0. The molecule has 2 rings (SSSR count). The molecule has 0 saturated carbocycles. The van der Waals surface area contributed by atoms with Crippen LogP contribution >= 0.6 is 0 Å². The van der Waals surface area contributed by atoms with Crippen molar-refractivity contribution in [3.8, 4) is 0 Å². The van der Waals surface area contributed by atoms with E-state index in [0.717, 1.165) is 13.1 Å². The molecular weight excluding hydrogens is 196 g/mol. The molecule has 2 N–H and O–H groups in total. The zero-order valence-electron chi connectivity index (χ0n) is 9.92. The number of aryl methyl sites for hydroxylation is 1. The lowest BCUT2D eigenvalue weighted by Gasteiger charge is -2.22. The zero-order chi connectivity index (χ0) is 11.4. The minimum absolute atomic E-state index is 0.361. The van der Waals surface area contributed by atoms with Gasteiger partial charge >= 0.3 is 0 Å². The molecule has 16 heavy (non-hydrogen) atoms. The Balaban J connectivity index is 2.11. The topological polar surface area (TPSA) is 24.1 Å². The molecule has 1 aliphatic heterocycles. The molecule has 1 aliphatic rings. The van der Waals surface area contributed by atoms with Gasteiger partial charge in [0.05, 0.1) is 0 Å². The van der Waals surface area contributed by atoms with E-state index in [9.17, 15) is 0 Å². The van der Waals surface area contributed by atoms with Crippen molar-refractivity contribution in [2.45, 2.75) is 32.4 Å². The van der Waals surface area contributed by atoms with Gasteiger partial charge in [0.2, 0.25) is 0 Å². The summed E-state index contributed by atoms with van der Waals surface area (Å²) < 4.78 is 0. The van der Waals surface area contributed by atoms with Gasteiger partial charge in [-0.05, 0) is 30.9 Å². The molecule has 0 radical (unpaired) electrons. The predicted octanol–water partition coefficient (Wildman–Crippen LogP) is 2.71. The summed E-state index contributed by atoms with van der Waals surface area (Å²) in [6.45, 7) is 7.91. The lowest BCUT2D eigenvalue weighted by molar-refractivity contribution is 0.633. The van der Waals surface area contributed by atoms with E-state index in [1.807, 2.05) is 6.08 Å². The second-order valence-electron chi connectivity index (χ2n) is 4.39. The van der Waals surface area contributed by atoms with E-state index in [-0.39, 0.29) is 0 Å². The maximum atomic E-state index is 3.78. The Bertz CT molecular complexity index is 371. The van der Waals surface area contributed by atoms with Crippen molar-refractivity contribution in [3.05, 3.63) is 42.0 Å². The number of benzene rings is 1. The molecule has 86 valence electrons. The minimum Gasteiger partial charge on any atom is -0.385 e. The fourth-order valence-electron chi connectivity index (χ4n) is 2.08. The zero-order valence-corrected chi connectivity index (χ0v) is 9.92. The van der Waals surface area contributed by atoms with Gasteiger partial charge in [-0.25, -0.2) is 0 Å². The normalized spacial score (nSPS) is 16.1. The molecule has 2 heteroatoms. The van der Waals surface area contributed by atoms with Crippen LogP contribution in [-0.2, 0) is 13.0 Å². The third-order valence-electron chi connectivity index (χ3n) is 3.13. The lowest BCUT2D eigenvalue weighted by atomic mass is 9.99. The lowest BCUT2D eigenvalue weighted by Crippen LogP contribution is -2.24. The van der Waals surface area contributed by atoms with Crippen LogP contribution in [0.5, 0.6) is 0 Å². The Labute approximate surface area is 97.8 Å². The summed E-state index contributed by atoms with van der Waals surface area (Å²) in [5.41, 5.74) is 4.17. The molecule has 0 saturated heterocycles. The molecular formula is C14H20N2. The Morgan fingerprint density at radius 3 is 3.25 bits per heavy atom. The summed E-state index contributed by atoms with van der Waals surface area (Å²) in [5, 5.41) is 6.95. The van der Waals surface area contributed by atoms with Crippen LogP contribution in [0.15, 0.2) is 30.9 Å². The Morgan fingerprint density at radius 1 is 1.56 bits per heavy atom. The van der Waals surface area contributed by atoms with Gasteiger partial charge in [0.15, 0.2) is 0 Å². The van der Waals surface area contributed by atoms with Crippen molar-refractivity contribution in [1.29, 1.82) is 0 Å². The highest BCUT2D eigenvalue weighted by Gasteiger charge is 2.11. The third kappa shape index (κ3) is 2.45. The van der Waals surface area contributed by atoms with E-state index >= 15 is 0 Å². The van der Waals surface area contributed by atoms with Gasteiger partial charge in [-0.15, -0.1) is 6.58 Å². The largest absolute Gasteiger partial charge is 0.385 e. The number of anilines is 1. The molecule has 1 heterocycles. The highest BCUT2D eigenvalue weighted by molar-refractivity contribution is 5.59. The fraction of sp³-hybridized carbons (Fsp3) is 0.429. The highest BCUT2D eigenvalue weighted by atomic mass is 14.9. The molecule has 0 spiro atoms. The Hall–Kier alpha value is -1.28. The first-order valence-corrected chi connectivity index (χ1v) is 6.02. The van der Waals surface area contributed by atoms with E-state index in [4.69, 9.17) is 0 Å². The second-order valence-corrected chi connectivity index (χ2v) is 4.39. The highest BCUT2D eigenvalue weighted by Crippen LogP contribution is 2.25. The summed E-state index contributed by atoms with van der Waals surface area (Å²) in [6.07, 6.45) is 4.38. The van der Waals surface area contributed by atoms with Crippen LogP contribution in [0.3, 0.4) is 0 Å². The van der Waals surface area contributed by atoms with Crippen LogP contribution in [-0.4, -0.2) is 12.6 Å². The predicted molar refractivity (Wildman–Crippen MR) is 69.8 cm³/mol. The monoisotopic (exact) mass is 216 g/mol. The average molecular weight is 216 g/mol. The van der Waals surface area contributed by atoms with Gasteiger partial charge in [-0.1, -0.05) is 24.3 Å². The molecule has 1 aromatic rings. The van der Waals surface area contributed by atoms with E-state index in [2.05, 4.69) is 42.3 Å². The van der Waals surface area contributed by atoms with Crippen molar-refractivity contribution < 1.29 is 0 Å². The van der Waals surface area contributed by atoms with Crippen molar-refractivity contribution in [2.24, 2.45) is 0 Å². The Kier molecular flexibility index (Phi) is 3.62. The first-order valence-electron chi connectivity index (χ1n) is 6.02. The number of rotatable bonds is 4. The van der Waals surface area contributed by atoms with Crippen molar-refractivity contribution >= 4 is 5.69 Å². The van der Waals surface area contributed by atoms with Crippen LogP contribution < -0.4 is 10.6 Å². The SMILES string of the molecule is C=CC(C)NCc1cccc2c1NCCC2. The number of fused-ring (bicyclic) bond motifs is 1. The van der Waals surface area contributed by atoms with Gasteiger partial charge < -0.3 is 10.6 Å². The summed E-state index contributed by atoms with van der Waals surface area (Å²) in [4.78, 5) is 0. The third-order valence-corrected chi connectivity index (χ3v) is 3.13. The standard InChI is InChI=1S/C14H20N2/c1-3-11(2)16-10-13-7-4-6-12-8-5-9-15-14(12)13/h3-4,6-7,11,15-16H,1,5,8-10H2,2H3. The molecule has 1 unspecified atom stereocenters. The van der Waals surface area contributed by atoms with Crippen molar-refractivity contribution in [2.75, 3.05) is 11.9 Å². The number of hydrogen-bond acceptors (Lipinski definition) is 2. The van der Waals surface area contributed by atoms with Gasteiger partial charge in [0, 0.05) is 24.8 Å². The Morgan fingerprint density at radius 2 is 2.44 bits per heavy atom. The quantitative estimate of drug-likeness (QED) is 0.756. The van der Waals surface area contributed by atoms with E-state index in [1.165, 1.54) is 29.7 Å². The van der Waals surface area contributed by atoms with Crippen molar-refractivity contribution in [1.82, 2.24) is 5.32 Å². The first-order chi connectivity index (χ1) is 7.81. The molecule has 0 amide bonds. The smallest absolute Gasteiger partial charge is 0.0418 e. The van der Waals surface area contributed by atoms with Gasteiger partial charge in [0.1, 0.15) is 0 Å². The van der Waals surface area contributed by atoms with E-state index in [1.54, 1.807) is 0 Å². The summed E-state index contributed by atoms with van der Waals surface area (Å²) in [7, 11) is 0.